The molecule has 4 nitrogen and oxygen atoms in total. The molecule has 0 aliphatic carbocycles. The van der Waals surface area contributed by atoms with Gasteiger partial charge in [0.1, 0.15) is 0 Å². The van der Waals surface area contributed by atoms with Crippen LogP contribution < -0.4 is 5.56 Å². The standard InChI is InChI=1S/C10H10N2O2/c1-6-5-7(2)12-10(14)9(6)8(13)3-4-11/h5H,3H2,1-2H3,(H,12,14). The fourth-order valence-corrected chi connectivity index (χ4v) is 1.36. The molecule has 0 amide bonds. The normalized spacial score (nSPS) is 9.50. The maximum absolute atomic E-state index is 11.4. The van der Waals surface area contributed by atoms with Crippen LogP contribution in [0.5, 0.6) is 0 Å². The number of nitrogens with zero attached hydrogens (tertiary/aromatic N) is 1. The molecule has 0 spiro atoms. The van der Waals surface area contributed by atoms with Crippen LogP contribution in [0.1, 0.15) is 28.0 Å². The SMILES string of the molecule is Cc1cc(C)c(C(=O)CC#N)c(=O)[nH]1. The Morgan fingerprint density at radius 1 is 1.57 bits per heavy atom. The third kappa shape index (κ3) is 1.88. The Bertz CT molecular complexity index is 466. The Hall–Kier alpha value is -1.89. The number of H-pyrrole nitrogens is 1. The van der Waals surface area contributed by atoms with Gasteiger partial charge in [-0.2, -0.15) is 5.26 Å². The highest BCUT2D eigenvalue weighted by atomic mass is 16.1. The third-order valence-electron chi connectivity index (χ3n) is 1.88. The minimum absolute atomic E-state index is 0.0946. The van der Waals surface area contributed by atoms with Crippen LogP contribution in [0.3, 0.4) is 0 Å². The molecule has 1 heterocycles. The minimum atomic E-state index is -0.425. The second-order valence-corrected chi connectivity index (χ2v) is 3.10. The number of nitrogens with one attached hydrogen (secondary N) is 1. The molecule has 1 N–H and O–H groups in total. The highest BCUT2D eigenvalue weighted by Gasteiger charge is 2.13. The molecule has 1 aromatic heterocycles. The first-order chi connectivity index (χ1) is 6.56. The number of rotatable bonds is 2. The molecular weight excluding hydrogens is 180 g/mol. The van der Waals surface area contributed by atoms with Gasteiger partial charge >= 0.3 is 0 Å². The van der Waals surface area contributed by atoms with E-state index in [2.05, 4.69) is 4.98 Å². The number of nitriles is 1. The van der Waals surface area contributed by atoms with Crippen LogP contribution >= 0.6 is 0 Å². The van der Waals surface area contributed by atoms with E-state index in [0.29, 0.717) is 11.3 Å². The van der Waals surface area contributed by atoms with Crippen molar-refractivity contribution in [2.45, 2.75) is 20.3 Å². The predicted molar refractivity (Wildman–Crippen MR) is 51.1 cm³/mol. The van der Waals surface area contributed by atoms with E-state index in [9.17, 15) is 9.59 Å². The summed E-state index contributed by atoms with van der Waals surface area (Å²) < 4.78 is 0. The number of hydrogen-bond donors (Lipinski definition) is 1. The number of aromatic amines is 1. The number of aryl methyl sites for hydroxylation is 2. The Morgan fingerprint density at radius 2 is 2.21 bits per heavy atom. The molecular formula is C10H10N2O2. The lowest BCUT2D eigenvalue weighted by Crippen LogP contribution is -2.20. The molecule has 0 saturated heterocycles. The molecule has 0 atom stereocenters. The maximum Gasteiger partial charge on any atom is 0.259 e. The van der Waals surface area contributed by atoms with Crippen molar-refractivity contribution in [3.05, 3.63) is 33.2 Å². The van der Waals surface area contributed by atoms with E-state index in [1.807, 2.05) is 0 Å². The average molecular weight is 190 g/mol. The van der Waals surface area contributed by atoms with Gasteiger partial charge in [0.05, 0.1) is 18.1 Å². The maximum atomic E-state index is 11.4. The zero-order chi connectivity index (χ0) is 10.7. The Kier molecular flexibility index (Phi) is 2.82. The fraction of sp³-hybridized carbons (Fsp3) is 0.300. The number of carbonyl (C=O) groups excluding carboxylic acids is 1. The average Bonchev–Trinajstić information content (AvgIpc) is 2.01. The van der Waals surface area contributed by atoms with E-state index in [-0.39, 0.29) is 12.0 Å². The Labute approximate surface area is 81.2 Å². The van der Waals surface area contributed by atoms with Gasteiger partial charge in [-0.15, -0.1) is 0 Å². The molecule has 0 aliphatic rings. The molecule has 72 valence electrons. The van der Waals surface area contributed by atoms with Crippen molar-refractivity contribution in [2.24, 2.45) is 0 Å². The summed E-state index contributed by atoms with van der Waals surface area (Å²) >= 11 is 0. The summed E-state index contributed by atoms with van der Waals surface area (Å²) in [6.45, 7) is 3.43. The second kappa shape index (κ2) is 3.88. The number of ketones is 1. The first kappa shape index (κ1) is 10.2. The van der Waals surface area contributed by atoms with Gasteiger partial charge in [0, 0.05) is 5.69 Å². The molecule has 14 heavy (non-hydrogen) atoms. The van der Waals surface area contributed by atoms with Crippen LogP contribution in [0.2, 0.25) is 0 Å². The zero-order valence-corrected chi connectivity index (χ0v) is 8.05. The summed E-state index contributed by atoms with van der Waals surface area (Å²) in [6.07, 6.45) is -0.257. The van der Waals surface area contributed by atoms with E-state index in [1.165, 1.54) is 0 Å². The van der Waals surface area contributed by atoms with E-state index in [4.69, 9.17) is 5.26 Å². The monoisotopic (exact) mass is 190 g/mol. The van der Waals surface area contributed by atoms with E-state index >= 15 is 0 Å². The van der Waals surface area contributed by atoms with E-state index < -0.39 is 11.3 Å². The highest BCUT2D eigenvalue weighted by molar-refractivity contribution is 5.98. The predicted octanol–water partition coefficient (Wildman–Crippen LogP) is 1.09. The van der Waals surface area contributed by atoms with Crippen LogP contribution in [-0.4, -0.2) is 10.8 Å². The molecule has 0 radical (unpaired) electrons. The molecule has 0 bridgehead atoms. The first-order valence-electron chi connectivity index (χ1n) is 4.17. The van der Waals surface area contributed by atoms with Crippen molar-refractivity contribution in [1.82, 2.24) is 4.98 Å². The smallest absolute Gasteiger partial charge is 0.259 e. The van der Waals surface area contributed by atoms with Crippen molar-refractivity contribution in [1.29, 1.82) is 5.26 Å². The number of carbonyl (C=O) groups is 1. The van der Waals surface area contributed by atoms with Gasteiger partial charge in [-0.25, -0.2) is 0 Å². The largest absolute Gasteiger partial charge is 0.326 e. The molecule has 0 saturated carbocycles. The van der Waals surface area contributed by atoms with Crippen LogP contribution in [0.25, 0.3) is 0 Å². The minimum Gasteiger partial charge on any atom is -0.326 e. The van der Waals surface area contributed by atoms with Crippen molar-refractivity contribution in [2.75, 3.05) is 0 Å². The molecule has 4 heteroatoms. The fourth-order valence-electron chi connectivity index (χ4n) is 1.36. The van der Waals surface area contributed by atoms with Crippen LogP contribution in [0.15, 0.2) is 10.9 Å². The van der Waals surface area contributed by atoms with Crippen molar-refractivity contribution < 1.29 is 4.79 Å². The summed E-state index contributed by atoms with van der Waals surface area (Å²) in [6, 6.07) is 3.45. The second-order valence-electron chi connectivity index (χ2n) is 3.10. The van der Waals surface area contributed by atoms with Gasteiger partial charge in [-0.3, -0.25) is 9.59 Å². The van der Waals surface area contributed by atoms with Gasteiger partial charge in [-0.05, 0) is 25.5 Å². The molecule has 1 rings (SSSR count). The molecule has 0 aliphatic heterocycles. The van der Waals surface area contributed by atoms with Gasteiger partial charge < -0.3 is 4.98 Å². The van der Waals surface area contributed by atoms with Crippen molar-refractivity contribution in [3.63, 3.8) is 0 Å². The lowest BCUT2D eigenvalue weighted by Gasteiger charge is -2.02. The van der Waals surface area contributed by atoms with Crippen molar-refractivity contribution in [3.8, 4) is 6.07 Å². The number of hydrogen-bond acceptors (Lipinski definition) is 3. The molecule has 1 aromatic rings. The van der Waals surface area contributed by atoms with Crippen LogP contribution in [-0.2, 0) is 0 Å². The lowest BCUT2D eigenvalue weighted by atomic mass is 10.0. The number of Topliss-reactive ketones (excluding diaryl/α,β-unsaturated/α-hetero) is 1. The Balaban J connectivity index is 3.30. The summed E-state index contributed by atoms with van der Waals surface area (Å²) in [5.41, 5.74) is 1.01. The Morgan fingerprint density at radius 3 is 2.71 bits per heavy atom. The van der Waals surface area contributed by atoms with Crippen LogP contribution in [0.4, 0.5) is 0 Å². The lowest BCUT2D eigenvalue weighted by molar-refractivity contribution is 0.0995. The molecule has 0 aromatic carbocycles. The zero-order valence-electron chi connectivity index (χ0n) is 8.05. The van der Waals surface area contributed by atoms with Gasteiger partial charge in [-0.1, -0.05) is 0 Å². The number of aromatic nitrogens is 1. The van der Waals surface area contributed by atoms with Gasteiger partial charge in [0.25, 0.3) is 5.56 Å². The summed E-state index contributed by atoms with van der Waals surface area (Å²) in [7, 11) is 0. The van der Waals surface area contributed by atoms with E-state index in [1.54, 1.807) is 26.0 Å². The van der Waals surface area contributed by atoms with Gasteiger partial charge in [0.15, 0.2) is 5.78 Å². The third-order valence-corrected chi connectivity index (χ3v) is 1.88. The summed E-state index contributed by atoms with van der Waals surface area (Å²) in [5, 5.41) is 8.35. The number of pyridine rings is 1. The topological polar surface area (TPSA) is 73.7 Å². The van der Waals surface area contributed by atoms with E-state index in [0.717, 1.165) is 0 Å². The molecule has 0 fully saturated rings. The first-order valence-corrected chi connectivity index (χ1v) is 4.17. The molecule has 0 unspecified atom stereocenters. The van der Waals surface area contributed by atoms with Gasteiger partial charge in [0.2, 0.25) is 0 Å². The summed E-state index contributed by atoms with van der Waals surface area (Å²) in [5.74, 6) is -0.425. The quantitative estimate of drug-likeness (QED) is 0.709. The van der Waals surface area contributed by atoms with Crippen molar-refractivity contribution >= 4 is 5.78 Å². The van der Waals surface area contributed by atoms with Crippen LogP contribution in [0, 0.1) is 25.2 Å². The summed E-state index contributed by atoms with van der Waals surface area (Å²) in [4.78, 5) is 25.3. The highest BCUT2D eigenvalue weighted by Crippen LogP contribution is 2.05.